The molecule has 1 radical (unpaired) electrons. The van der Waals surface area contributed by atoms with Gasteiger partial charge in [0.15, 0.2) is 0 Å². The third-order valence-electron chi connectivity index (χ3n) is 1.34. The van der Waals surface area contributed by atoms with Crippen LogP contribution in [-0.2, 0) is 0 Å². The van der Waals surface area contributed by atoms with Crippen molar-refractivity contribution in [3.63, 3.8) is 0 Å². The maximum atomic E-state index is 2.31. The van der Waals surface area contributed by atoms with Crippen molar-refractivity contribution in [3.05, 3.63) is 29.8 Å². The second kappa shape index (κ2) is 3.98. The van der Waals surface area contributed by atoms with E-state index >= 15 is 0 Å². The third-order valence-corrected chi connectivity index (χ3v) is 4.19. The van der Waals surface area contributed by atoms with Crippen LogP contribution in [-0.4, -0.2) is 7.95 Å². The fourth-order valence-corrected chi connectivity index (χ4v) is 3.41. The van der Waals surface area contributed by atoms with E-state index < -0.39 is 0 Å². The quantitative estimate of drug-likeness (QED) is 0.631. The summed E-state index contributed by atoms with van der Waals surface area (Å²) >= 11 is 2.01. The molecule has 0 aliphatic carbocycles. The molecule has 0 aliphatic heterocycles. The Morgan fingerprint density at radius 1 is 1.09 bits per heavy atom. The van der Waals surface area contributed by atoms with E-state index in [9.17, 15) is 0 Å². The van der Waals surface area contributed by atoms with Gasteiger partial charge in [0.1, 0.15) is 7.95 Å². The van der Waals surface area contributed by atoms with Crippen molar-refractivity contribution in [2.24, 2.45) is 0 Å². The Morgan fingerprint density at radius 3 is 2.09 bits per heavy atom. The van der Waals surface area contributed by atoms with Gasteiger partial charge in [-0.3, -0.25) is 0 Å². The summed E-state index contributed by atoms with van der Waals surface area (Å²) in [7, 11) is -0.183. The Hall–Kier alpha value is -0.213. The van der Waals surface area contributed by atoms with E-state index in [1.807, 2.05) is 11.2 Å². The molecule has 0 aromatic heterocycles. The molecule has 0 saturated heterocycles. The Bertz CT molecular complexity index is 216. The van der Waals surface area contributed by atoms with Crippen molar-refractivity contribution in [1.29, 1.82) is 0 Å². The summed E-state index contributed by atoms with van der Waals surface area (Å²) < 4.78 is 0. The van der Waals surface area contributed by atoms with E-state index in [4.69, 9.17) is 0 Å². The van der Waals surface area contributed by atoms with E-state index in [1.165, 1.54) is 10.5 Å². The standard InChI is InChI=1S/C9H13SSi/c1-8-4-6-9(7-5-8)10-11(2)3/h4-7H,1-3H3. The maximum absolute atomic E-state index is 2.31. The molecule has 0 N–H and O–H groups in total. The lowest BCUT2D eigenvalue weighted by Crippen LogP contribution is -1.90. The van der Waals surface area contributed by atoms with E-state index in [-0.39, 0.29) is 7.95 Å². The second-order valence-corrected chi connectivity index (χ2v) is 8.38. The van der Waals surface area contributed by atoms with Gasteiger partial charge in [-0.15, -0.1) is 0 Å². The minimum Gasteiger partial charge on any atom is -0.154 e. The molecule has 11 heavy (non-hydrogen) atoms. The molecule has 0 atom stereocenters. The molecule has 0 fully saturated rings. The van der Waals surface area contributed by atoms with Crippen molar-refractivity contribution in [2.75, 3.05) is 0 Å². The highest BCUT2D eigenvalue weighted by atomic mass is 32.4. The van der Waals surface area contributed by atoms with E-state index in [0.29, 0.717) is 0 Å². The van der Waals surface area contributed by atoms with Gasteiger partial charge < -0.3 is 0 Å². The van der Waals surface area contributed by atoms with E-state index in [0.717, 1.165) is 0 Å². The van der Waals surface area contributed by atoms with Crippen molar-refractivity contribution in [2.45, 2.75) is 24.9 Å². The van der Waals surface area contributed by atoms with Crippen molar-refractivity contribution in [3.8, 4) is 0 Å². The highest BCUT2D eigenvalue weighted by Crippen LogP contribution is 2.20. The van der Waals surface area contributed by atoms with Crippen LogP contribution in [0.3, 0.4) is 0 Å². The summed E-state index contributed by atoms with van der Waals surface area (Å²) in [6.07, 6.45) is 0. The number of hydrogen-bond acceptors (Lipinski definition) is 1. The van der Waals surface area contributed by atoms with Gasteiger partial charge in [-0.05, 0) is 19.1 Å². The molecule has 2 heteroatoms. The average Bonchev–Trinajstić information content (AvgIpc) is 1.93. The monoisotopic (exact) mass is 181 g/mol. The molecule has 0 aliphatic rings. The molecule has 1 rings (SSSR count). The highest BCUT2D eigenvalue weighted by molar-refractivity contribution is 8.25. The molecule has 0 bridgehead atoms. The largest absolute Gasteiger partial charge is 0.154 e. The molecule has 1 aromatic rings. The molecule has 0 spiro atoms. The zero-order valence-electron chi connectivity index (χ0n) is 7.22. The summed E-state index contributed by atoms with van der Waals surface area (Å²) in [5.41, 5.74) is 1.34. The van der Waals surface area contributed by atoms with Crippen LogP contribution >= 0.6 is 11.2 Å². The van der Waals surface area contributed by atoms with Gasteiger partial charge in [-0.1, -0.05) is 30.8 Å². The Kier molecular flexibility index (Phi) is 3.21. The number of hydrogen-bond donors (Lipinski definition) is 0. The zero-order chi connectivity index (χ0) is 8.27. The van der Waals surface area contributed by atoms with Crippen LogP contribution < -0.4 is 0 Å². The fourth-order valence-electron chi connectivity index (χ4n) is 0.842. The minimum absolute atomic E-state index is 0.183. The Morgan fingerprint density at radius 2 is 1.64 bits per heavy atom. The van der Waals surface area contributed by atoms with Crippen LogP contribution in [0.5, 0.6) is 0 Å². The summed E-state index contributed by atoms with van der Waals surface area (Å²) in [5.74, 6) is 0. The van der Waals surface area contributed by atoms with Crippen LogP contribution in [0.4, 0.5) is 0 Å². The third kappa shape index (κ3) is 3.12. The van der Waals surface area contributed by atoms with Gasteiger partial charge >= 0.3 is 0 Å². The lowest BCUT2D eigenvalue weighted by molar-refractivity contribution is 1.38. The normalized spacial score (nSPS) is 10.5. The first-order chi connectivity index (χ1) is 5.18. The topological polar surface area (TPSA) is 0 Å². The SMILES string of the molecule is Cc1ccc(S[Si](C)C)cc1. The molecule has 0 amide bonds. The summed E-state index contributed by atoms with van der Waals surface area (Å²) in [5, 5.41) is 0. The van der Waals surface area contributed by atoms with Crippen LogP contribution in [0.15, 0.2) is 29.2 Å². The molecular weight excluding hydrogens is 168 g/mol. The predicted octanol–water partition coefficient (Wildman–Crippen LogP) is 3.34. The molecule has 59 valence electrons. The number of aryl methyl sites for hydroxylation is 1. The average molecular weight is 181 g/mol. The van der Waals surface area contributed by atoms with Crippen molar-refractivity contribution in [1.82, 2.24) is 0 Å². The molecule has 0 saturated carbocycles. The van der Waals surface area contributed by atoms with Gasteiger partial charge in [0, 0.05) is 4.90 Å². The summed E-state index contributed by atoms with van der Waals surface area (Å²) in [4.78, 5) is 1.41. The molecule has 1 aromatic carbocycles. The van der Waals surface area contributed by atoms with Gasteiger partial charge in [0.25, 0.3) is 0 Å². The smallest absolute Gasteiger partial charge is 0.121 e. The predicted molar refractivity (Wildman–Crippen MR) is 54.5 cm³/mol. The maximum Gasteiger partial charge on any atom is 0.121 e. The Balaban J connectivity index is 2.66. The molecular formula is C9H13SSi. The summed E-state index contributed by atoms with van der Waals surface area (Å²) in [6.45, 7) is 6.75. The number of rotatable bonds is 2. The fraction of sp³-hybridized carbons (Fsp3) is 0.333. The van der Waals surface area contributed by atoms with E-state index in [1.54, 1.807) is 0 Å². The van der Waals surface area contributed by atoms with Crippen molar-refractivity contribution >= 4 is 19.2 Å². The molecule has 0 heterocycles. The van der Waals surface area contributed by atoms with Crippen LogP contribution in [0.25, 0.3) is 0 Å². The first-order valence-electron chi connectivity index (χ1n) is 3.73. The van der Waals surface area contributed by atoms with Crippen LogP contribution in [0.2, 0.25) is 13.1 Å². The lowest BCUT2D eigenvalue weighted by Gasteiger charge is -2.02. The first kappa shape index (κ1) is 8.88. The highest BCUT2D eigenvalue weighted by Gasteiger charge is 1.97. The number of benzene rings is 1. The zero-order valence-corrected chi connectivity index (χ0v) is 9.03. The molecule has 0 unspecified atom stereocenters. The van der Waals surface area contributed by atoms with Crippen LogP contribution in [0.1, 0.15) is 5.56 Å². The van der Waals surface area contributed by atoms with Gasteiger partial charge in [-0.25, -0.2) is 0 Å². The van der Waals surface area contributed by atoms with Gasteiger partial charge in [-0.2, -0.15) is 11.2 Å². The van der Waals surface area contributed by atoms with Crippen LogP contribution in [0, 0.1) is 6.92 Å². The second-order valence-electron chi connectivity index (χ2n) is 2.82. The van der Waals surface area contributed by atoms with E-state index in [2.05, 4.69) is 44.3 Å². The molecule has 0 nitrogen and oxygen atoms in total. The van der Waals surface area contributed by atoms with Gasteiger partial charge in [0.2, 0.25) is 0 Å². The Labute approximate surface area is 74.3 Å². The minimum atomic E-state index is -0.183. The first-order valence-corrected chi connectivity index (χ1v) is 7.77. The summed E-state index contributed by atoms with van der Waals surface area (Å²) in [6, 6.07) is 8.76. The van der Waals surface area contributed by atoms with Gasteiger partial charge in [0.05, 0.1) is 0 Å². The van der Waals surface area contributed by atoms with Crippen molar-refractivity contribution < 1.29 is 0 Å². The lowest BCUT2D eigenvalue weighted by atomic mass is 10.2.